The number of nitrogen functional groups attached to an aromatic ring is 1. The van der Waals surface area contributed by atoms with Crippen LogP contribution in [0, 0.1) is 5.41 Å². The number of benzene rings is 1. The molecule has 5 heteroatoms. The molecule has 1 aromatic heterocycles. The van der Waals surface area contributed by atoms with Crippen molar-refractivity contribution in [2.45, 2.75) is 10.8 Å². The minimum absolute atomic E-state index is 0.0913. The molecule has 1 aromatic carbocycles. The molecule has 0 fully saturated rings. The Morgan fingerprint density at radius 2 is 1.94 bits per heavy atom. The molecule has 0 aliphatic rings. The zero-order valence-corrected chi connectivity index (χ0v) is 11.1. The lowest BCUT2D eigenvalue weighted by Crippen LogP contribution is -2.10. The first-order valence-electron chi connectivity index (χ1n) is 5.33. The maximum absolute atomic E-state index is 7.31. The van der Waals surface area contributed by atoms with Crippen molar-refractivity contribution < 1.29 is 0 Å². The van der Waals surface area contributed by atoms with E-state index in [0.717, 1.165) is 16.3 Å². The van der Waals surface area contributed by atoms with Gasteiger partial charge in [0.1, 0.15) is 5.84 Å². The SMILES string of the molecule is N=C(N)c1ccc(CSc2ccc(Cl)cn2)cc1. The molecule has 18 heavy (non-hydrogen) atoms. The highest BCUT2D eigenvalue weighted by Crippen LogP contribution is 2.21. The second kappa shape index (κ2) is 5.89. The van der Waals surface area contributed by atoms with Crippen LogP contribution >= 0.6 is 23.4 Å². The monoisotopic (exact) mass is 277 g/mol. The van der Waals surface area contributed by atoms with Gasteiger partial charge in [0.2, 0.25) is 0 Å². The van der Waals surface area contributed by atoms with E-state index in [1.54, 1.807) is 18.0 Å². The van der Waals surface area contributed by atoms with Gasteiger partial charge >= 0.3 is 0 Å². The van der Waals surface area contributed by atoms with Crippen LogP contribution in [0.4, 0.5) is 0 Å². The third-order valence-corrected chi connectivity index (χ3v) is 3.59. The average molecular weight is 278 g/mol. The summed E-state index contributed by atoms with van der Waals surface area (Å²) in [6.07, 6.45) is 1.64. The van der Waals surface area contributed by atoms with E-state index in [4.69, 9.17) is 22.7 Å². The molecule has 3 nitrogen and oxygen atoms in total. The van der Waals surface area contributed by atoms with Crippen LogP contribution in [0.5, 0.6) is 0 Å². The Morgan fingerprint density at radius 1 is 1.22 bits per heavy atom. The van der Waals surface area contributed by atoms with E-state index < -0.39 is 0 Å². The van der Waals surface area contributed by atoms with E-state index >= 15 is 0 Å². The lowest BCUT2D eigenvalue weighted by atomic mass is 10.1. The Labute approximate surface area is 115 Å². The molecule has 0 radical (unpaired) electrons. The van der Waals surface area contributed by atoms with Crippen LogP contribution in [-0.4, -0.2) is 10.8 Å². The molecule has 0 amide bonds. The molecule has 0 spiro atoms. The molecule has 1 heterocycles. The number of nitrogens with two attached hydrogens (primary N) is 1. The topological polar surface area (TPSA) is 62.8 Å². The molecule has 0 saturated heterocycles. The maximum Gasteiger partial charge on any atom is 0.122 e. The van der Waals surface area contributed by atoms with Gasteiger partial charge < -0.3 is 5.73 Å². The number of hydrogen-bond acceptors (Lipinski definition) is 3. The molecule has 0 unspecified atom stereocenters. The smallest absolute Gasteiger partial charge is 0.122 e. The summed E-state index contributed by atoms with van der Waals surface area (Å²) in [5, 5.41) is 8.90. The van der Waals surface area contributed by atoms with Crippen LogP contribution in [0.3, 0.4) is 0 Å². The maximum atomic E-state index is 7.31. The summed E-state index contributed by atoms with van der Waals surface area (Å²) in [4.78, 5) is 4.22. The summed E-state index contributed by atoms with van der Waals surface area (Å²) in [7, 11) is 0. The third-order valence-electron chi connectivity index (χ3n) is 2.35. The van der Waals surface area contributed by atoms with Crippen LogP contribution < -0.4 is 5.73 Å². The Morgan fingerprint density at radius 3 is 2.50 bits per heavy atom. The number of pyridine rings is 1. The van der Waals surface area contributed by atoms with E-state index in [1.165, 1.54) is 5.56 Å². The van der Waals surface area contributed by atoms with Crippen molar-refractivity contribution in [3.05, 3.63) is 58.7 Å². The number of rotatable bonds is 4. The normalized spacial score (nSPS) is 10.3. The fourth-order valence-corrected chi connectivity index (χ4v) is 2.30. The summed E-state index contributed by atoms with van der Waals surface area (Å²) in [5.74, 6) is 0.917. The van der Waals surface area contributed by atoms with Crippen LogP contribution in [-0.2, 0) is 5.75 Å². The number of halogens is 1. The highest BCUT2D eigenvalue weighted by molar-refractivity contribution is 7.98. The average Bonchev–Trinajstić information content (AvgIpc) is 2.38. The van der Waals surface area contributed by atoms with Crippen molar-refractivity contribution in [3.63, 3.8) is 0 Å². The number of aromatic nitrogens is 1. The Bertz CT molecular complexity index is 537. The van der Waals surface area contributed by atoms with Crippen molar-refractivity contribution in [2.24, 2.45) is 5.73 Å². The first kappa shape index (κ1) is 12.9. The summed E-state index contributed by atoms with van der Waals surface area (Å²) >= 11 is 7.41. The zero-order valence-electron chi connectivity index (χ0n) is 9.56. The third kappa shape index (κ3) is 3.48. The van der Waals surface area contributed by atoms with Crippen molar-refractivity contribution >= 4 is 29.2 Å². The first-order valence-corrected chi connectivity index (χ1v) is 6.69. The van der Waals surface area contributed by atoms with E-state index in [2.05, 4.69) is 4.98 Å². The summed E-state index contributed by atoms with van der Waals surface area (Å²) < 4.78 is 0. The van der Waals surface area contributed by atoms with Gasteiger partial charge in [-0.2, -0.15) is 0 Å². The number of hydrogen-bond donors (Lipinski definition) is 2. The molecule has 0 bridgehead atoms. The number of thioether (sulfide) groups is 1. The van der Waals surface area contributed by atoms with E-state index in [9.17, 15) is 0 Å². The lowest BCUT2D eigenvalue weighted by Gasteiger charge is -2.03. The first-order chi connectivity index (χ1) is 8.65. The Balaban J connectivity index is 1.97. The molecule has 2 aromatic rings. The molecule has 0 aliphatic carbocycles. The predicted molar refractivity (Wildman–Crippen MR) is 76.3 cm³/mol. The highest BCUT2D eigenvalue weighted by Gasteiger charge is 2.00. The number of amidine groups is 1. The second-order valence-corrected chi connectivity index (χ2v) is 5.15. The van der Waals surface area contributed by atoms with Crippen molar-refractivity contribution in [1.82, 2.24) is 4.98 Å². The quantitative estimate of drug-likeness (QED) is 0.512. The lowest BCUT2D eigenvalue weighted by molar-refractivity contribution is 1.13. The van der Waals surface area contributed by atoms with Crippen LogP contribution in [0.2, 0.25) is 5.02 Å². The van der Waals surface area contributed by atoms with E-state index in [-0.39, 0.29) is 5.84 Å². The highest BCUT2D eigenvalue weighted by atomic mass is 35.5. The standard InChI is InChI=1S/C13H12ClN3S/c14-11-5-6-12(17-7-11)18-8-9-1-3-10(4-2-9)13(15)16/h1-7H,8H2,(H3,15,16). The fourth-order valence-electron chi connectivity index (χ4n) is 1.39. The zero-order chi connectivity index (χ0) is 13.0. The molecule has 92 valence electrons. The van der Waals surface area contributed by atoms with Gasteiger partial charge in [0, 0.05) is 17.5 Å². The van der Waals surface area contributed by atoms with Gasteiger partial charge in [0.05, 0.1) is 10.0 Å². The minimum Gasteiger partial charge on any atom is -0.384 e. The molecular formula is C13H12ClN3S. The Hall–Kier alpha value is -1.52. The van der Waals surface area contributed by atoms with Crippen molar-refractivity contribution in [2.75, 3.05) is 0 Å². The predicted octanol–water partition coefficient (Wildman–Crippen LogP) is 3.31. The van der Waals surface area contributed by atoms with Gasteiger partial charge in [-0.25, -0.2) is 4.98 Å². The largest absolute Gasteiger partial charge is 0.384 e. The van der Waals surface area contributed by atoms with Gasteiger partial charge in [-0.05, 0) is 17.7 Å². The number of nitrogens with one attached hydrogen (secondary N) is 1. The van der Waals surface area contributed by atoms with Crippen LogP contribution in [0.1, 0.15) is 11.1 Å². The molecule has 2 rings (SSSR count). The minimum atomic E-state index is 0.0913. The van der Waals surface area contributed by atoms with Gasteiger partial charge in [0.15, 0.2) is 0 Å². The summed E-state index contributed by atoms with van der Waals surface area (Å²) in [6.45, 7) is 0. The molecule has 0 aliphatic heterocycles. The summed E-state index contributed by atoms with van der Waals surface area (Å²) in [5.41, 5.74) is 7.31. The second-order valence-electron chi connectivity index (χ2n) is 3.71. The molecule has 3 N–H and O–H groups in total. The van der Waals surface area contributed by atoms with Gasteiger partial charge in [-0.3, -0.25) is 5.41 Å². The van der Waals surface area contributed by atoms with Crippen LogP contribution in [0.25, 0.3) is 0 Å². The van der Waals surface area contributed by atoms with Crippen molar-refractivity contribution in [1.29, 1.82) is 5.41 Å². The number of nitrogens with zero attached hydrogens (tertiary/aromatic N) is 1. The van der Waals surface area contributed by atoms with Gasteiger partial charge in [-0.15, -0.1) is 11.8 Å². The summed E-state index contributed by atoms with van der Waals surface area (Å²) in [6, 6.07) is 11.4. The van der Waals surface area contributed by atoms with E-state index in [1.807, 2.05) is 36.4 Å². The van der Waals surface area contributed by atoms with Crippen molar-refractivity contribution in [3.8, 4) is 0 Å². The molecular weight excluding hydrogens is 266 g/mol. The van der Waals surface area contributed by atoms with Gasteiger partial charge in [0.25, 0.3) is 0 Å². The molecule has 0 atom stereocenters. The fraction of sp³-hybridized carbons (Fsp3) is 0.0769. The van der Waals surface area contributed by atoms with E-state index in [0.29, 0.717) is 5.02 Å². The molecule has 0 saturated carbocycles. The van der Waals surface area contributed by atoms with Gasteiger partial charge in [-0.1, -0.05) is 35.9 Å². The Kier molecular flexibility index (Phi) is 4.23. The van der Waals surface area contributed by atoms with Crippen LogP contribution in [0.15, 0.2) is 47.6 Å².